The second kappa shape index (κ2) is 8.80. The van der Waals surface area contributed by atoms with Crippen molar-refractivity contribution >= 4 is 49.6 Å². The number of aryl methyl sites for hydroxylation is 2. The van der Waals surface area contributed by atoms with Crippen molar-refractivity contribution in [2.45, 2.75) is 38.6 Å². The van der Waals surface area contributed by atoms with Crippen molar-refractivity contribution < 1.29 is 14.6 Å². The van der Waals surface area contributed by atoms with Crippen molar-refractivity contribution in [2.24, 2.45) is 5.10 Å². The van der Waals surface area contributed by atoms with Gasteiger partial charge < -0.3 is 9.84 Å². The number of carbonyl (C=O) groups is 1. The fourth-order valence-corrected chi connectivity index (χ4v) is 5.33. The van der Waals surface area contributed by atoms with E-state index in [-0.39, 0.29) is 17.1 Å². The summed E-state index contributed by atoms with van der Waals surface area (Å²) in [4.78, 5) is 32.1. The Morgan fingerprint density at radius 2 is 2.19 bits per heavy atom. The van der Waals surface area contributed by atoms with Crippen LogP contribution in [0.15, 0.2) is 32.8 Å². The Labute approximate surface area is 190 Å². The van der Waals surface area contributed by atoms with Gasteiger partial charge in [-0.1, -0.05) is 0 Å². The molecule has 0 radical (unpaired) electrons. The first-order valence-corrected chi connectivity index (χ1v) is 11.4. The van der Waals surface area contributed by atoms with Crippen molar-refractivity contribution in [2.75, 3.05) is 7.11 Å². The van der Waals surface area contributed by atoms with E-state index in [1.54, 1.807) is 30.4 Å². The van der Waals surface area contributed by atoms with Gasteiger partial charge in [0.15, 0.2) is 11.5 Å². The molecule has 2 heterocycles. The number of fused-ring (bicyclic) bond motifs is 3. The molecule has 0 bridgehead atoms. The number of phenolic OH excluding ortho intramolecular Hbond substituents is 1. The van der Waals surface area contributed by atoms with Gasteiger partial charge in [-0.15, -0.1) is 11.3 Å². The van der Waals surface area contributed by atoms with Crippen LogP contribution in [0.2, 0.25) is 0 Å². The van der Waals surface area contributed by atoms with Gasteiger partial charge in [-0.05, 0) is 71.8 Å². The Balaban J connectivity index is 1.54. The minimum atomic E-state index is -0.776. The molecule has 0 unspecified atom stereocenters. The van der Waals surface area contributed by atoms with E-state index in [0.717, 1.165) is 36.1 Å². The van der Waals surface area contributed by atoms with Gasteiger partial charge in [-0.25, -0.2) is 10.4 Å². The van der Waals surface area contributed by atoms with E-state index in [4.69, 9.17) is 4.74 Å². The number of hydrazone groups is 1. The van der Waals surface area contributed by atoms with Gasteiger partial charge in [0.2, 0.25) is 0 Å². The Kier molecular flexibility index (Phi) is 6.10. The van der Waals surface area contributed by atoms with Crippen molar-refractivity contribution in [1.29, 1.82) is 0 Å². The molecule has 1 aliphatic carbocycles. The third kappa shape index (κ3) is 4.09. The number of methoxy groups -OCH3 is 1. The lowest BCUT2D eigenvalue weighted by atomic mass is 9.97. The zero-order chi connectivity index (χ0) is 22.1. The number of halogens is 1. The van der Waals surface area contributed by atoms with Crippen molar-refractivity contribution in [3.63, 3.8) is 0 Å². The third-order valence-corrected chi connectivity index (χ3v) is 7.16. The summed E-state index contributed by atoms with van der Waals surface area (Å²) in [6, 6.07) is 2.45. The Hall–Kier alpha value is -2.72. The summed E-state index contributed by atoms with van der Waals surface area (Å²) < 4.78 is 6.90. The maximum absolute atomic E-state index is 13.1. The molecule has 0 saturated heterocycles. The molecule has 4 rings (SSSR count). The van der Waals surface area contributed by atoms with Crippen molar-refractivity contribution in [3.8, 4) is 11.5 Å². The first kappa shape index (κ1) is 21.5. The van der Waals surface area contributed by atoms with Crippen LogP contribution in [-0.4, -0.2) is 33.9 Å². The summed E-state index contributed by atoms with van der Waals surface area (Å²) in [5.74, 6) is -0.177. The highest BCUT2D eigenvalue weighted by Gasteiger charge is 2.23. The monoisotopic (exact) mass is 504 g/mol. The minimum Gasteiger partial charge on any atom is -0.503 e. The van der Waals surface area contributed by atoms with Gasteiger partial charge in [-0.3, -0.25) is 14.2 Å². The van der Waals surface area contributed by atoms with Gasteiger partial charge in [0, 0.05) is 4.88 Å². The first-order valence-electron chi connectivity index (χ1n) is 9.81. The van der Waals surface area contributed by atoms with Crippen LogP contribution in [0.1, 0.15) is 41.8 Å². The van der Waals surface area contributed by atoms with Crippen LogP contribution in [0.3, 0.4) is 0 Å². The molecule has 10 heteroatoms. The lowest BCUT2D eigenvalue weighted by Gasteiger charge is -2.14. The maximum atomic E-state index is 13.1. The molecule has 3 aromatic rings. The molecule has 1 amide bonds. The molecule has 0 spiro atoms. The number of hydrogen-bond acceptors (Lipinski definition) is 7. The van der Waals surface area contributed by atoms with Gasteiger partial charge in [0.25, 0.3) is 11.5 Å². The number of rotatable bonds is 5. The molecule has 0 saturated carbocycles. The fourth-order valence-electron chi connectivity index (χ4n) is 3.65. The van der Waals surface area contributed by atoms with Crippen LogP contribution >= 0.6 is 27.3 Å². The number of phenols is 1. The first-order chi connectivity index (χ1) is 14.9. The van der Waals surface area contributed by atoms with E-state index in [1.807, 2.05) is 0 Å². The number of benzene rings is 1. The number of amides is 1. The average Bonchev–Trinajstić information content (AvgIpc) is 3.15. The number of nitrogens with zero attached hydrogens (tertiary/aromatic N) is 3. The molecule has 162 valence electrons. The molecule has 1 atom stereocenters. The summed E-state index contributed by atoms with van der Waals surface area (Å²) in [6.07, 6.45) is 6.93. The van der Waals surface area contributed by atoms with Crippen LogP contribution in [0.5, 0.6) is 11.5 Å². The van der Waals surface area contributed by atoms with Gasteiger partial charge in [0.1, 0.15) is 10.9 Å². The quantitative estimate of drug-likeness (QED) is 0.408. The SMILES string of the molecule is COc1cc(/C=N\NC(=O)[C@H](C)n2cnc3sc4c(c3c2=O)CCCC4)cc(Br)c1O. The number of nitrogens with one attached hydrogen (secondary N) is 1. The zero-order valence-electron chi connectivity index (χ0n) is 17.0. The van der Waals surface area contributed by atoms with Gasteiger partial charge >= 0.3 is 0 Å². The molecule has 0 aliphatic heterocycles. The van der Waals surface area contributed by atoms with Crippen molar-refractivity contribution in [1.82, 2.24) is 15.0 Å². The lowest BCUT2D eigenvalue weighted by Crippen LogP contribution is -2.34. The van der Waals surface area contributed by atoms with E-state index in [0.29, 0.717) is 15.4 Å². The molecule has 2 aromatic heterocycles. The summed E-state index contributed by atoms with van der Waals surface area (Å²) >= 11 is 4.82. The minimum absolute atomic E-state index is 0.0183. The largest absolute Gasteiger partial charge is 0.503 e. The zero-order valence-corrected chi connectivity index (χ0v) is 19.4. The van der Waals surface area contributed by atoms with Gasteiger partial charge in [0.05, 0.1) is 29.5 Å². The average molecular weight is 505 g/mol. The lowest BCUT2D eigenvalue weighted by molar-refractivity contribution is -0.123. The Bertz CT molecular complexity index is 1250. The highest BCUT2D eigenvalue weighted by molar-refractivity contribution is 9.10. The molecule has 1 aliphatic rings. The predicted octanol–water partition coefficient (Wildman–Crippen LogP) is 3.52. The fraction of sp³-hybridized carbons (Fsp3) is 0.333. The molecular weight excluding hydrogens is 484 g/mol. The maximum Gasteiger partial charge on any atom is 0.263 e. The number of aromatic hydroxyl groups is 1. The van der Waals surface area contributed by atoms with Crippen LogP contribution in [0, 0.1) is 0 Å². The number of aromatic nitrogens is 2. The number of hydrogen-bond donors (Lipinski definition) is 2. The summed E-state index contributed by atoms with van der Waals surface area (Å²) in [7, 11) is 1.44. The highest BCUT2D eigenvalue weighted by Crippen LogP contribution is 2.35. The molecular formula is C21H21BrN4O4S. The third-order valence-electron chi connectivity index (χ3n) is 5.36. The van der Waals surface area contributed by atoms with E-state index in [1.165, 1.54) is 29.1 Å². The van der Waals surface area contributed by atoms with Crippen LogP contribution in [0.25, 0.3) is 10.2 Å². The van der Waals surface area contributed by atoms with E-state index in [9.17, 15) is 14.7 Å². The van der Waals surface area contributed by atoms with Gasteiger partial charge in [-0.2, -0.15) is 5.10 Å². The smallest absolute Gasteiger partial charge is 0.263 e. The second-order valence-corrected chi connectivity index (χ2v) is 9.25. The topological polar surface area (TPSA) is 106 Å². The Morgan fingerprint density at radius 1 is 1.42 bits per heavy atom. The normalized spacial score (nSPS) is 14.5. The standard InChI is InChI=1S/C21H21BrN4O4S/c1-11(19(28)25-24-9-12-7-14(22)18(27)15(8-12)30-2)26-10-23-20-17(21(26)29)13-5-3-4-6-16(13)31-20/h7-11,27H,3-6H2,1-2H3,(H,25,28)/b24-9-/t11-/m0/s1. The van der Waals surface area contributed by atoms with Crippen molar-refractivity contribution in [3.05, 3.63) is 49.3 Å². The van der Waals surface area contributed by atoms with Crippen LogP contribution < -0.4 is 15.7 Å². The number of carbonyl (C=O) groups excluding carboxylic acids is 1. The molecule has 31 heavy (non-hydrogen) atoms. The number of thiophene rings is 1. The molecule has 2 N–H and O–H groups in total. The summed E-state index contributed by atoms with van der Waals surface area (Å²) in [6.45, 7) is 1.64. The molecule has 8 nitrogen and oxygen atoms in total. The Morgan fingerprint density at radius 3 is 2.97 bits per heavy atom. The summed E-state index contributed by atoms with van der Waals surface area (Å²) in [5, 5.41) is 14.5. The predicted molar refractivity (Wildman–Crippen MR) is 123 cm³/mol. The molecule has 1 aromatic carbocycles. The van der Waals surface area contributed by atoms with E-state index in [2.05, 4.69) is 31.4 Å². The van der Waals surface area contributed by atoms with Crippen LogP contribution in [0.4, 0.5) is 0 Å². The van der Waals surface area contributed by atoms with E-state index < -0.39 is 11.9 Å². The second-order valence-electron chi connectivity index (χ2n) is 7.31. The number of ether oxygens (including phenoxy) is 1. The van der Waals surface area contributed by atoms with E-state index >= 15 is 0 Å². The highest BCUT2D eigenvalue weighted by atomic mass is 79.9. The summed E-state index contributed by atoms with van der Waals surface area (Å²) in [5.41, 5.74) is 3.97. The van der Waals surface area contributed by atoms with Crippen LogP contribution in [-0.2, 0) is 17.6 Å². The molecule has 0 fully saturated rings.